The van der Waals surface area contributed by atoms with E-state index in [-0.39, 0.29) is 12.1 Å². The van der Waals surface area contributed by atoms with E-state index in [4.69, 9.17) is 0 Å². The molecule has 0 aromatic heterocycles. The van der Waals surface area contributed by atoms with Crippen LogP contribution in [0.4, 0.5) is 0 Å². The Labute approximate surface area is 118 Å². The third kappa shape index (κ3) is 5.41. The average Bonchev–Trinajstić information content (AvgIpc) is 3.03. The predicted octanol–water partition coefficient (Wildman–Crippen LogP) is 2.39. The van der Waals surface area contributed by atoms with E-state index < -0.39 is 0 Å². The van der Waals surface area contributed by atoms with E-state index in [9.17, 15) is 5.11 Å². The Hall–Kier alpha value is -0.120. The van der Waals surface area contributed by atoms with Gasteiger partial charge < -0.3 is 15.3 Å². The highest BCUT2D eigenvalue weighted by molar-refractivity contribution is 4.92. The molecular formula is C16H32N2O. The highest BCUT2D eigenvalue weighted by Crippen LogP contribution is 2.26. The molecule has 2 fully saturated rings. The second-order valence-electron chi connectivity index (χ2n) is 7.15. The number of nitrogens with one attached hydrogen (secondary N) is 1. The van der Waals surface area contributed by atoms with Gasteiger partial charge in [-0.2, -0.15) is 0 Å². The molecule has 3 heteroatoms. The van der Waals surface area contributed by atoms with Crippen LogP contribution in [-0.2, 0) is 0 Å². The molecule has 1 atom stereocenters. The molecule has 0 saturated heterocycles. The van der Waals surface area contributed by atoms with Crippen molar-refractivity contribution in [2.45, 2.75) is 69.9 Å². The minimum atomic E-state index is -0.0602. The minimum Gasteiger partial charge on any atom is -0.394 e. The summed E-state index contributed by atoms with van der Waals surface area (Å²) in [6.07, 6.45) is 10.6. The molecule has 0 aliphatic heterocycles. The highest BCUT2D eigenvalue weighted by Gasteiger charge is 2.31. The second-order valence-corrected chi connectivity index (χ2v) is 7.15. The van der Waals surface area contributed by atoms with Gasteiger partial charge in [-0.1, -0.05) is 12.8 Å². The Morgan fingerprint density at radius 1 is 1.21 bits per heavy atom. The van der Waals surface area contributed by atoms with Gasteiger partial charge in [0.1, 0.15) is 0 Å². The van der Waals surface area contributed by atoms with Crippen molar-refractivity contribution < 1.29 is 5.11 Å². The van der Waals surface area contributed by atoms with Crippen LogP contribution in [0.25, 0.3) is 0 Å². The zero-order chi connectivity index (χ0) is 13.7. The summed E-state index contributed by atoms with van der Waals surface area (Å²) in [5.41, 5.74) is -0.0602. The van der Waals surface area contributed by atoms with E-state index in [1.807, 2.05) is 0 Å². The summed E-state index contributed by atoms with van der Waals surface area (Å²) in [6.45, 7) is 4.86. The molecule has 19 heavy (non-hydrogen) atoms. The van der Waals surface area contributed by atoms with Gasteiger partial charge in [-0.25, -0.2) is 0 Å². The van der Waals surface area contributed by atoms with Gasteiger partial charge in [-0.05, 0) is 65.0 Å². The van der Waals surface area contributed by atoms with E-state index in [2.05, 4.69) is 24.2 Å². The van der Waals surface area contributed by atoms with Crippen molar-refractivity contribution in [2.75, 3.05) is 26.7 Å². The maximum Gasteiger partial charge on any atom is 0.0610 e. The number of nitrogens with zero attached hydrogens (tertiary/aromatic N) is 1. The van der Waals surface area contributed by atoms with Gasteiger partial charge in [0.15, 0.2) is 0 Å². The first kappa shape index (κ1) is 15.3. The summed E-state index contributed by atoms with van der Waals surface area (Å²) in [6, 6.07) is 0.674. The zero-order valence-corrected chi connectivity index (χ0v) is 12.8. The Bertz CT molecular complexity index is 261. The van der Waals surface area contributed by atoms with E-state index in [0.717, 1.165) is 12.3 Å². The molecule has 112 valence electrons. The summed E-state index contributed by atoms with van der Waals surface area (Å²) in [5.74, 6) is 0.943. The first-order valence-electron chi connectivity index (χ1n) is 8.18. The number of aliphatic hydroxyl groups is 1. The normalized spacial score (nSPS) is 24.0. The standard InChI is InChI=1S/C16H32N2O/c1-16(13-19,17-15-8-9-15)10-5-11-18(2)12-14-6-3-4-7-14/h14-15,17,19H,3-13H2,1-2H3. The summed E-state index contributed by atoms with van der Waals surface area (Å²) < 4.78 is 0. The zero-order valence-electron chi connectivity index (χ0n) is 12.8. The fraction of sp³-hybridized carbons (Fsp3) is 1.00. The predicted molar refractivity (Wildman–Crippen MR) is 80.3 cm³/mol. The van der Waals surface area contributed by atoms with Gasteiger partial charge in [-0.15, -0.1) is 0 Å². The van der Waals surface area contributed by atoms with Crippen LogP contribution in [0.3, 0.4) is 0 Å². The molecule has 2 N–H and O–H groups in total. The maximum atomic E-state index is 9.58. The number of hydrogen-bond donors (Lipinski definition) is 2. The molecule has 2 aliphatic rings. The summed E-state index contributed by atoms with van der Waals surface area (Å²) in [4.78, 5) is 2.49. The number of hydrogen-bond acceptors (Lipinski definition) is 3. The average molecular weight is 268 g/mol. The molecule has 0 bridgehead atoms. The second kappa shape index (κ2) is 7.05. The lowest BCUT2D eigenvalue weighted by Crippen LogP contribution is -2.47. The van der Waals surface area contributed by atoms with Crippen LogP contribution >= 0.6 is 0 Å². The first-order chi connectivity index (χ1) is 9.11. The number of rotatable bonds is 9. The Balaban J connectivity index is 1.60. The maximum absolute atomic E-state index is 9.58. The van der Waals surface area contributed by atoms with Crippen LogP contribution in [0.1, 0.15) is 58.3 Å². The monoisotopic (exact) mass is 268 g/mol. The molecular weight excluding hydrogens is 236 g/mol. The molecule has 1 unspecified atom stereocenters. The Kier molecular flexibility index (Phi) is 5.67. The molecule has 2 rings (SSSR count). The van der Waals surface area contributed by atoms with Crippen molar-refractivity contribution in [2.24, 2.45) is 5.92 Å². The van der Waals surface area contributed by atoms with E-state index in [0.29, 0.717) is 6.04 Å². The van der Waals surface area contributed by atoms with Gasteiger partial charge in [0.2, 0.25) is 0 Å². The largest absolute Gasteiger partial charge is 0.394 e. The molecule has 0 heterocycles. The quantitative estimate of drug-likeness (QED) is 0.674. The van der Waals surface area contributed by atoms with Gasteiger partial charge in [0, 0.05) is 18.1 Å². The third-order valence-electron chi connectivity index (χ3n) is 4.79. The molecule has 0 amide bonds. The summed E-state index contributed by atoms with van der Waals surface area (Å²) >= 11 is 0. The van der Waals surface area contributed by atoms with Crippen LogP contribution in [0.15, 0.2) is 0 Å². The van der Waals surface area contributed by atoms with Gasteiger partial charge in [-0.3, -0.25) is 0 Å². The van der Waals surface area contributed by atoms with Crippen LogP contribution in [0.2, 0.25) is 0 Å². The molecule has 3 nitrogen and oxygen atoms in total. The fourth-order valence-electron chi connectivity index (χ4n) is 3.38. The lowest BCUT2D eigenvalue weighted by molar-refractivity contribution is 0.155. The molecule has 0 spiro atoms. The summed E-state index contributed by atoms with van der Waals surface area (Å²) in [7, 11) is 2.25. The molecule has 2 aliphatic carbocycles. The van der Waals surface area contributed by atoms with Crippen LogP contribution < -0.4 is 5.32 Å². The van der Waals surface area contributed by atoms with Gasteiger partial charge in [0.25, 0.3) is 0 Å². The van der Waals surface area contributed by atoms with Gasteiger partial charge in [0.05, 0.1) is 6.61 Å². The van der Waals surface area contributed by atoms with Crippen LogP contribution in [0, 0.1) is 5.92 Å². The summed E-state index contributed by atoms with van der Waals surface area (Å²) in [5, 5.41) is 13.2. The molecule has 0 aromatic rings. The van der Waals surface area contributed by atoms with Crippen LogP contribution in [0.5, 0.6) is 0 Å². The van der Waals surface area contributed by atoms with E-state index in [1.54, 1.807) is 0 Å². The minimum absolute atomic E-state index is 0.0602. The molecule has 0 aromatic carbocycles. The Morgan fingerprint density at radius 2 is 1.89 bits per heavy atom. The first-order valence-corrected chi connectivity index (χ1v) is 8.18. The van der Waals surface area contributed by atoms with E-state index in [1.165, 1.54) is 58.0 Å². The van der Waals surface area contributed by atoms with Crippen molar-refractivity contribution in [3.63, 3.8) is 0 Å². The SMILES string of the molecule is CN(CCCC(C)(CO)NC1CC1)CC1CCCC1. The fourth-order valence-corrected chi connectivity index (χ4v) is 3.38. The van der Waals surface area contributed by atoms with Crippen molar-refractivity contribution in [3.05, 3.63) is 0 Å². The van der Waals surface area contributed by atoms with Crippen molar-refractivity contribution >= 4 is 0 Å². The van der Waals surface area contributed by atoms with E-state index >= 15 is 0 Å². The number of aliphatic hydroxyl groups excluding tert-OH is 1. The van der Waals surface area contributed by atoms with Crippen molar-refractivity contribution in [1.82, 2.24) is 10.2 Å². The van der Waals surface area contributed by atoms with Crippen molar-refractivity contribution in [1.29, 1.82) is 0 Å². The smallest absolute Gasteiger partial charge is 0.0610 e. The molecule has 0 radical (unpaired) electrons. The van der Waals surface area contributed by atoms with Crippen molar-refractivity contribution in [3.8, 4) is 0 Å². The highest BCUT2D eigenvalue weighted by atomic mass is 16.3. The topological polar surface area (TPSA) is 35.5 Å². The lowest BCUT2D eigenvalue weighted by atomic mass is 9.96. The Morgan fingerprint density at radius 3 is 2.47 bits per heavy atom. The van der Waals surface area contributed by atoms with Crippen LogP contribution in [-0.4, -0.2) is 48.3 Å². The molecule has 2 saturated carbocycles. The van der Waals surface area contributed by atoms with Gasteiger partial charge >= 0.3 is 0 Å². The third-order valence-corrected chi connectivity index (χ3v) is 4.79. The lowest BCUT2D eigenvalue weighted by Gasteiger charge is -2.30.